The van der Waals surface area contributed by atoms with Crippen molar-refractivity contribution in [1.82, 2.24) is 25.2 Å². The van der Waals surface area contributed by atoms with E-state index < -0.39 is 0 Å². The Bertz CT molecular complexity index is 848. The zero-order chi connectivity index (χ0) is 19.4. The third-order valence-electron chi connectivity index (χ3n) is 4.71. The van der Waals surface area contributed by atoms with Crippen LogP contribution in [-0.2, 0) is 24.2 Å². The van der Waals surface area contributed by atoms with Crippen LogP contribution in [0.15, 0.2) is 18.7 Å². The minimum Gasteiger partial charge on any atom is -0.450 e. The van der Waals surface area contributed by atoms with Crippen molar-refractivity contribution in [3.8, 4) is 0 Å². The van der Waals surface area contributed by atoms with E-state index in [0.29, 0.717) is 38.2 Å². The van der Waals surface area contributed by atoms with E-state index in [1.165, 1.54) is 6.33 Å². The predicted octanol–water partition coefficient (Wildman–Crippen LogP) is 1.93. The molecule has 3 rings (SSSR count). The lowest BCUT2D eigenvalue weighted by atomic mass is 9.97. The topological polar surface area (TPSA) is 97.3 Å². The number of fused-ring (bicyclic) bond motifs is 1. The van der Waals surface area contributed by atoms with E-state index in [1.807, 2.05) is 13.8 Å². The molecular weight excluding hydrogens is 346 g/mol. The highest BCUT2D eigenvalue weighted by atomic mass is 16.6. The lowest BCUT2D eigenvalue weighted by Gasteiger charge is -2.28. The Hall–Kier alpha value is -3.03. The van der Waals surface area contributed by atoms with Crippen LogP contribution in [0.25, 0.3) is 0 Å². The molecule has 0 radical (unpaired) electrons. The molecule has 8 nitrogen and oxygen atoms in total. The SMILES string of the molecule is CCOC(=O)N1CCc2c(cncc2C(=O)NCc2c(C)ncnc2C)C1. The standard InChI is InChI=1S/C19H23N5O3/c1-4-27-19(26)24-6-5-15-14(10-24)7-20-8-17(15)18(25)21-9-16-12(2)22-11-23-13(16)3/h7-8,11H,4-6,9-10H2,1-3H3,(H,21,25). The lowest BCUT2D eigenvalue weighted by molar-refractivity contribution is 0.0947. The molecule has 0 aliphatic carbocycles. The summed E-state index contributed by atoms with van der Waals surface area (Å²) in [6.07, 6.45) is 5.05. The van der Waals surface area contributed by atoms with Gasteiger partial charge in [-0.25, -0.2) is 14.8 Å². The first kappa shape index (κ1) is 18.8. The van der Waals surface area contributed by atoms with Gasteiger partial charge in [0.05, 0.1) is 18.7 Å². The van der Waals surface area contributed by atoms with Gasteiger partial charge >= 0.3 is 6.09 Å². The highest BCUT2D eigenvalue weighted by molar-refractivity contribution is 5.95. The fraction of sp³-hybridized carbons (Fsp3) is 0.421. The van der Waals surface area contributed by atoms with E-state index in [1.54, 1.807) is 24.2 Å². The Kier molecular flexibility index (Phi) is 5.63. The second-order valence-electron chi connectivity index (χ2n) is 6.40. The van der Waals surface area contributed by atoms with Gasteiger partial charge in [-0.2, -0.15) is 0 Å². The van der Waals surface area contributed by atoms with E-state index in [4.69, 9.17) is 4.74 Å². The third-order valence-corrected chi connectivity index (χ3v) is 4.71. The average Bonchev–Trinajstić information content (AvgIpc) is 2.66. The molecule has 0 aromatic carbocycles. The maximum absolute atomic E-state index is 12.7. The number of pyridine rings is 1. The number of aromatic nitrogens is 3. The summed E-state index contributed by atoms with van der Waals surface area (Å²) in [4.78, 5) is 38.8. The van der Waals surface area contributed by atoms with Crippen LogP contribution in [0.3, 0.4) is 0 Å². The predicted molar refractivity (Wildman–Crippen MR) is 98.0 cm³/mol. The van der Waals surface area contributed by atoms with Gasteiger partial charge in [-0.15, -0.1) is 0 Å². The van der Waals surface area contributed by atoms with Crippen LogP contribution >= 0.6 is 0 Å². The molecule has 0 atom stereocenters. The minimum absolute atomic E-state index is 0.188. The number of aryl methyl sites for hydroxylation is 2. The molecule has 142 valence electrons. The van der Waals surface area contributed by atoms with Crippen LogP contribution in [-0.4, -0.2) is 45.0 Å². The lowest BCUT2D eigenvalue weighted by Crippen LogP contribution is -2.37. The number of ether oxygens (including phenoxy) is 1. The molecule has 2 aromatic rings. The van der Waals surface area contributed by atoms with Gasteiger partial charge in [0.1, 0.15) is 6.33 Å². The van der Waals surface area contributed by atoms with Crippen molar-refractivity contribution < 1.29 is 14.3 Å². The Morgan fingerprint density at radius 3 is 2.67 bits per heavy atom. The van der Waals surface area contributed by atoms with Gasteiger partial charge in [0.15, 0.2) is 0 Å². The molecule has 0 saturated carbocycles. The molecule has 0 spiro atoms. The maximum atomic E-state index is 12.7. The Morgan fingerprint density at radius 2 is 1.96 bits per heavy atom. The van der Waals surface area contributed by atoms with E-state index in [9.17, 15) is 9.59 Å². The maximum Gasteiger partial charge on any atom is 0.410 e. The number of rotatable bonds is 4. The second kappa shape index (κ2) is 8.11. The normalized spacial score (nSPS) is 13.1. The first-order valence-corrected chi connectivity index (χ1v) is 8.94. The van der Waals surface area contributed by atoms with E-state index in [0.717, 1.165) is 28.1 Å². The summed E-state index contributed by atoms with van der Waals surface area (Å²) >= 11 is 0. The molecule has 3 heterocycles. The summed E-state index contributed by atoms with van der Waals surface area (Å²) in [6, 6.07) is 0. The molecule has 27 heavy (non-hydrogen) atoms. The average molecular weight is 369 g/mol. The van der Waals surface area contributed by atoms with Crippen LogP contribution < -0.4 is 5.32 Å². The van der Waals surface area contributed by atoms with Gasteiger partial charge < -0.3 is 15.0 Å². The van der Waals surface area contributed by atoms with Crippen LogP contribution in [0.4, 0.5) is 4.79 Å². The smallest absolute Gasteiger partial charge is 0.410 e. The summed E-state index contributed by atoms with van der Waals surface area (Å²) in [5, 5.41) is 2.94. The van der Waals surface area contributed by atoms with E-state index in [2.05, 4.69) is 20.3 Å². The van der Waals surface area contributed by atoms with Gasteiger partial charge in [0, 0.05) is 42.4 Å². The number of carbonyl (C=O) groups is 2. The number of nitrogens with zero attached hydrogens (tertiary/aromatic N) is 4. The third kappa shape index (κ3) is 4.05. The monoisotopic (exact) mass is 369 g/mol. The molecule has 8 heteroatoms. The number of hydrogen-bond acceptors (Lipinski definition) is 6. The van der Waals surface area contributed by atoms with E-state index in [-0.39, 0.29) is 12.0 Å². The van der Waals surface area contributed by atoms with Crippen LogP contribution in [0.2, 0.25) is 0 Å². The zero-order valence-electron chi connectivity index (χ0n) is 15.8. The number of hydrogen-bond donors (Lipinski definition) is 1. The second-order valence-corrected chi connectivity index (χ2v) is 6.40. The summed E-state index contributed by atoms with van der Waals surface area (Å²) in [5.41, 5.74) is 4.96. The van der Waals surface area contributed by atoms with Crippen molar-refractivity contribution in [3.05, 3.63) is 52.4 Å². The zero-order valence-corrected chi connectivity index (χ0v) is 15.8. The van der Waals surface area contributed by atoms with E-state index >= 15 is 0 Å². The Morgan fingerprint density at radius 1 is 1.22 bits per heavy atom. The Balaban J connectivity index is 1.74. The molecule has 0 saturated heterocycles. The van der Waals surface area contributed by atoms with Crippen molar-refractivity contribution in [2.24, 2.45) is 0 Å². The quantitative estimate of drug-likeness (QED) is 0.884. The molecular formula is C19H23N5O3. The molecule has 1 aliphatic heterocycles. The summed E-state index contributed by atoms with van der Waals surface area (Å²) in [5.74, 6) is -0.188. The summed E-state index contributed by atoms with van der Waals surface area (Å²) in [6.45, 7) is 7.17. The van der Waals surface area contributed by atoms with Crippen molar-refractivity contribution in [2.75, 3.05) is 13.2 Å². The molecule has 0 unspecified atom stereocenters. The molecule has 1 aliphatic rings. The number of nitrogens with one attached hydrogen (secondary N) is 1. The van der Waals surface area contributed by atoms with Gasteiger partial charge in [0.2, 0.25) is 0 Å². The first-order valence-electron chi connectivity index (χ1n) is 8.94. The number of carbonyl (C=O) groups excluding carboxylic acids is 2. The van der Waals surface area contributed by atoms with Crippen molar-refractivity contribution in [2.45, 2.75) is 40.3 Å². The minimum atomic E-state index is -0.340. The molecule has 1 N–H and O–H groups in total. The highest BCUT2D eigenvalue weighted by Crippen LogP contribution is 2.22. The van der Waals surface area contributed by atoms with Crippen LogP contribution in [0.5, 0.6) is 0 Å². The van der Waals surface area contributed by atoms with Crippen molar-refractivity contribution in [1.29, 1.82) is 0 Å². The molecule has 2 amide bonds. The van der Waals surface area contributed by atoms with Crippen molar-refractivity contribution >= 4 is 12.0 Å². The number of amides is 2. The largest absolute Gasteiger partial charge is 0.450 e. The van der Waals surface area contributed by atoms with Gasteiger partial charge in [0.25, 0.3) is 5.91 Å². The fourth-order valence-electron chi connectivity index (χ4n) is 3.20. The Labute approximate surface area is 158 Å². The van der Waals surface area contributed by atoms with Crippen molar-refractivity contribution in [3.63, 3.8) is 0 Å². The molecule has 2 aromatic heterocycles. The molecule has 0 fully saturated rings. The first-order chi connectivity index (χ1) is 13.0. The summed E-state index contributed by atoms with van der Waals surface area (Å²) in [7, 11) is 0. The summed E-state index contributed by atoms with van der Waals surface area (Å²) < 4.78 is 5.06. The van der Waals surface area contributed by atoms with Gasteiger partial charge in [-0.1, -0.05) is 0 Å². The molecule has 0 bridgehead atoms. The fourth-order valence-corrected chi connectivity index (χ4v) is 3.20. The highest BCUT2D eigenvalue weighted by Gasteiger charge is 2.25. The van der Waals surface area contributed by atoms with Gasteiger partial charge in [-0.3, -0.25) is 9.78 Å². The van der Waals surface area contributed by atoms with Crippen LogP contribution in [0, 0.1) is 13.8 Å². The van der Waals surface area contributed by atoms with Gasteiger partial charge in [-0.05, 0) is 38.3 Å². The van der Waals surface area contributed by atoms with Crippen LogP contribution in [0.1, 0.15) is 45.4 Å².